The highest BCUT2D eigenvalue weighted by Gasteiger charge is 2.35. The van der Waals surface area contributed by atoms with Gasteiger partial charge in [0.1, 0.15) is 0 Å². The molecule has 0 unspecified atom stereocenters. The highest BCUT2D eigenvalue weighted by atomic mass is 16.2. The third-order valence-electron chi connectivity index (χ3n) is 5.02. The van der Waals surface area contributed by atoms with E-state index in [1.165, 1.54) is 0 Å². The van der Waals surface area contributed by atoms with Crippen molar-refractivity contribution < 1.29 is 4.79 Å². The molecule has 4 heteroatoms. The van der Waals surface area contributed by atoms with Crippen LogP contribution in [-0.2, 0) is 4.79 Å². The monoisotopic (exact) mass is 283 g/mol. The molecule has 2 N–H and O–H groups in total. The second kappa shape index (κ2) is 7.41. The van der Waals surface area contributed by atoms with Gasteiger partial charge >= 0.3 is 0 Å². The van der Waals surface area contributed by atoms with Gasteiger partial charge in [0.05, 0.1) is 5.54 Å². The third kappa shape index (κ3) is 4.19. The molecule has 1 rings (SSSR count). The van der Waals surface area contributed by atoms with E-state index >= 15 is 0 Å². The van der Waals surface area contributed by atoms with Crippen LogP contribution in [0.2, 0.25) is 0 Å². The highest BCUT2D eigenvalue weighted by molar-refractivity contribution is 5.86. The minimum absolute atomic E-state index is 0.151. The van der Waals surface area contributed by atoms with Crippen LogP contribution >= 0.6 is 0 Å². The fourth-order valence-corrected chi connectivity index (χ4v) is 2.80. The zero-order valence-electron chi connectivity index (χ0n) is 14.0. The first-order chi connectivity index (χ1) is 9.34. The van der Waals surface area contributed by atoms with Crippen LogP contribution in [0, 0.1) is 5.92 Å². The Morgan fingerprint density at radius 1 is 1.30 bits per heavy atom. The molecule has 118 valence electrons. The van der Waals surface area contributed by atoms with Crippen LogP contribution in [0.4, 0.5) is 0 Å². The summed E-state index contributed by atoms with van der Waals surface area (Å²) in [4.78, 5) is 16.9. The van der Waals surface area contributed by atoms with E-state index in [-0.39, 0.29) is 5.91 Å². The average molecular weight is 283 g/mol. The molecule has 0 radical (unpaired) electrons. The molecule has 0 aromatic heterocycles. The van der Waals surface area contributed by atoms with Crippen LogP contribution in [0.15, 0.2) is 0 Å². The maximum atomic E-state index is 12.5. The summed E-state index contributed by atoms with van der Waals surface area (Å²) in [5, 5.41) is 0. The van der Waals surface area contributed by atoms with Gasteiger partial charge in [0, 0.05) is 25.7 Å². The molecule has 0 atom stereocenters. The maximum absolute atomic E-state index is 12.5. The van der Waals surface area contributed by atoms with E-state index in [1.54, 1.807) is 0 Å². The Morgan fingerprint density at radius 3 is 2.20 bits per heavy atom. The molecule has 1 saturated heterocycles. The molecule has 0 spiro atoms. The summed E-state index contributed by atoms with van der Waals surface area (Å²) in [7, 11) is 2.18. The number of amides is 1. The number of likely N-dealkylation sites (tertiary alicyclic amines) is 1. The first-order valence-electron chi connectivity index (χ1n) is 8.12. The third-order valence-corrected chi connectivity index (χ3v) is 5.02. The van der Waals surface area contributed by atoms with Gasteiger partial charge in [-0.15, -0.1) is 0 Å². The van der Waals surface area contributed by atoms with Gasteiger partial charge in [0.15, 0.2) is 0 Å². The first-order valence-corrected chi connectivity index (χ1v) is 8.12. The van der Waals surface area contributed by atoms with E-state index in [0.29, 0.717) is 12.0 Å². The zero-order chi connectivity index (χ0) is 15.3. The Balaban J connectivity index is 2.48. The molecule has 1 heterocycles. The van der Waals surface area contributed by atoms with Gasteiger partial charge in [-0.3, -0.25) is 4.79 Å². The van der Waals surface area contributed by atoms with E-state index in [1.807, 2.05) is 18.7 Å². The topological polar surface area (TPSA) is 49.6 Å². The summed E-state index contributed by atoms with van der Waals surface area (Å²) in [6, 6.07) is 0.589. The van der Waals surface area contributed by atoms with Gasteiger partial charge in [-0.25, -0.2) is 0 Å². The van der Waals surface area contributed by atoms with Crippen molar-refractivity contribution in [2.75, 3.05) is 26.7 Å². The van der Waals surface area contributed by atoms with Gasteiger partial charge in [0.2, 0.25) is 5.91 Å². The highest BCUT2D eigenvalue weighted by Crippen LogP contribution is 2.23. The summed E-state index contributed by atoms with van der Waals surface area (Å²) >= 11 is 0. The second-order valence-electron chi connectivity index (χ2n) is 6.63. The van der Waals surface area contributed by atoms with E-state index < -0.39 is 5.54 Å². The van der Waals surface area contributed by atoms with Crippen molar-refractivity contribution >= 4 is 5.91 Å². The molecule has 0 bridgehead atoms. The van der Waals surface area contributed by atoms with Crippen molar-refractivity contribution in [2.24, 2.45) is 11.7 Å². The molecule has 1 amide bonds. The van der Waals surface area contributed by atoms with E-state index in [4.69, 9.17) is 5.73 Å². The van der Waals surface area contributed by atoms with Crippen LogP contribution in [-0.4, -0.2) is 54.0 Å². The molecule has 20 heavy (non-hydrogen) atoms. The Hall–Kier alpha value is -0.610. The lowest BCUT2D eigenvalue weighted by atomic mass is 9.89. The zero-order valence-corrected chi connectivity index (χ0v) is 14.0. The number of nitrogens with zero attached hydrogens (tertiary/aromatic N) is 2. The van der Waals surface area contributed by atoms with Gasteiger partial charge in [-0.2, -0.15) is 0 Å². The van der Waals surface area contributed by atoms with E-state index in [9.17, 15) is 4.79 Å². The molecular formula is C16H33N3O. The van der Waals surface area contributed by atoms with Crippen LogP contribution < -0.4 is 5.73 Å². The van der Waals surface area contributed by atoms with Crippen molar-refractivity contribution in [3.63, 3.8) is 0 Å². The van der Waals surface area contributed by atoms with Crippen molar-refractivity contribution in [1.29, 1.82) is 0 Å². The minimum Gasteiger partial charge on any atom is -0.341 e. The van der Waals surface area contributed by atoms with Gasteiger partial charge < -0.3 is 15.5 Å². The summed E-state index contributed by atoms with van der Waals surface area (Å²) in [6.45, 7) is 11.3. The van der Waals surface area contributed by atoms with Crippen molar-refractivity contribution in [2.45, 2.75) is 65.0 Å². The molecule has 0 saturated carbocycles. The minimum atomic E-state index is -0.651. The number of rotatable bonds is 6. The quantitative estimate of drug-likeness (QED) is 0.812. The molecule has 1 fully saturated rings. The molecule has 1 aliphatic rings. The summed E-state index contributed by atoms with van der Waals surface area (Å²) in [5.74, 6) is 0.861. The van der Waals surface area contributed by atoms with Crippen molar-refractivity contribution in [1.82, 2.24) is 9.80 Å². The van der Waals surface area contributed by atoms with Crippen LogP contribution in [0.5, 0.6) is 0 Å². The maximum Gasteiger partial charge on any atom is 0.242 e. The number of piperidine rings is 1. The predicted molar refractivity (Wildman–Crippen MR) is 84.6 cm³/mol. The van der Waals surface area contributed by atoms with E-state index in [2.05, 4.69) is 25.8 Å². The predicted octanol–water partition coefficient (Wildman–Crippen LogP) is 2.08. The number of hydrogen-bond acceptors (Lipinski definition) is 3. The lowest BCUT2D eigenvalue weighted by Crippen LogP contribution is -2.56. The van der Waals surface area contributed by atoms with E-state index in [0.717, 1.165) is 45.3 Å². The van der Waals surface area contributed by atoms with Crippen molar-refractivity contribution in [3.05, 3.63) is 0 Å². The normalized spacial score (nSPS) is 18.1. The standard InChI is InChI=1S/C16H33N3O/c1-6-16(17,7-2)15(20)19-10-8-14(9-11-19)12-18(5)13(3)4/h13-14H,6-12,17H2,1-5H3. The fourth-order valence-electron chi connectivity index (χ4n) is 2.80. The summed E-state index contributed by atoms with van der Waals surface area (Å²) in [5.41, 5.74) is 5.58. The Labute approximate surface area is 124 Å². The second-order valence-corrected chi connectivity index (χ2v) is 6.63. The van der Waals surface area contributed by atoms with Gasteiger partial charge in [-0.05, 0) is 52.5 Å². The smallest absolute Gasteiger partial charge is 0.242 e. The number of carbonyl (C=O) groups is 1. The van der Waals surface area contributed by atoms with Crippen molar-refractivity contribution in [3.8, 4) is 0 Å². The average Bonchev–Trinajstić information content (AvgIpc) is 2.46. The Bertz CT molecular complexity index is 305. The molecule has 4 nitrogen and oxygen atoms in total. The van der Waals surface area contributed by atoms with Gasteiger partial charge in [0.25, 0.3) is 0 Å². The number of nitrogens with two attached hydrogens (primary N) is 1. The van der Waals surface area contributed by atoms with Crippen LogP contribution in [0.1, 0.15) is 53.4 Å². The molecular weight excluding hydrogens is 250 g/mol. The Kier molecular flexibility index (Phi) is 6.46. The summed E-state index contributed by atoms with van der Waals surface area (Å²) < 4.78 is 0. The largest absolute Gasteiger partial charge is 0.341 e. The fraction of sp³-hybridized carbons (Fsp3) is 0.938. The van der Waals surface area contributed by atoms with Crippen LogP contribution in [0.25, 0.3) is 0 Å². The molecule has 1 aliphatic heterocycles. The number of carbonyl (C=O) groups excluding carboxylic acids is 1. The molecule has 0 aromatic carbocycles. The van der Waals surface area contributed by atoms with Crippen LogP contribution in [0.3, 0.4) is 0 Å². The summed E-state index contributed by atoms with van der Waals surface area (Å²) in [6.07, 6.45) is 3.65. The SMILES string of the molecule is CCC(N)(CC)C(=O)N1CCC(CN(C)C(C)C)CC1. The molecule has 0 aliphatic carbocycles. The Morgan fingerprint density at radius 2 is 1.80 bits per heavy atom. The lowest BCUT2D eigenvalue weighted by Gasteiger charge is -2.39. The first kappa shape index (κ1) is 17.4. The lowest BCUT2D eigenvalue weighted by molar-refractivity contribution is -0.138. The van der Waals surface area contributed by atoms with Gasteiger partial charge in [-0.1, -0.05) is 13.8 Å². The number of hydrogen-bond donors (Lipinski definition) is 1. The molecule has 0 aromatic rings.